The SMILES string of the molecule is Cc1ccsc1C(=O)OC[C@H]1CCCO1. The van der Waals surface area contributed by atoms with E-state index in [0.29, 0.717) is 11.5 Å². The number of aryl methyl sites for hydroxylation is 1. The summed E-state index contributed by atoms with van der Waals surface area (Å²) in [7, 11) is 0. The number of rotatable bonds is 3. The van der Waals surface area contributed by atoms with Crippen LogP contribution < -0.4 is 0 Å². The fourth-order valence-electron chi connectivity index (χ4n) is 1.59. The lowest BCUT2D eigenvalue weighted by Crippen LogP contribution is -2.17. The summed E-state index contributed by atoms with van der Waals surface area (Å²) in [5, 5.41) is 1.90. The summed E-state index contributed by atoms with van der Waals surface area (Å²) in [6.45, 7) is 3.09. The van der Waals surface area contributed by atoms with Gasteiger partial charge >= 0.3 is 5.97 Å². The van der Waals surface area contributed by atoms with Crippen LogP contribution in [0.25, 0.3) is 0 Å². The number of esters is 1. The van der Waals surface area contributed by atoms with E-state index in [-0.39, 0.29) is 12.1 Å². The van der Waals surface area contributed by atoms with Crippen molar-refractivity contribution in [3.63, 3.8) is 0 Å². The molecular weight excluding hydrogens is 212 g/mol. The minimum atomic E-state index is -0.224. The lowest BCUT2D eigenvalue weighted by atomic mass is 10.2. The molecule has 0 saturated carbocycles. The van der Waals surface area contributed by atoms with E-state index in [4.69, 9.17) is 9.47 Å². The van der Waals surface area contributed by atoms with E-state index >= 15 is 0 Å². The van der Waals surface area contributed by atoms with Crippen LogP contribution in [-0.4, -0.2) is 25.3 Å². The first-order valence-corrected chi connectivity index (χ1v) is 5.98. The minimum Gasteiger partial charge on any atom is -0.459 e. The normalized spacial score (nSPS) is 20.5. The molecule has 0 unspecified atom stereocenters. The molecule has 1 fully saturated rings. The topological polar surface area (TPSA) is 35.5 Å². The number of ether oxygens (including phenoxy) is 2. The van der Waals surface area contributed by atoms with Crippen LogP contribution >= 0.6 is 11.3 Å². The maximum atomic E-state index is 11.6. The van der Waals surface area contributed by atoms with Crippen LogP contribution in [0.15, 0.2) is 11.4 Å². The molecule has 1 aromatic rings. The Balaban J connectivity index is 1.84. The Labute approximate surface area is 93.0 Å². The Morgan fingerprint density at radius 2 is 2.60 bits per heavy atom. The van der Waals surface area contributed by atoms with Crippen LogP contribution in [0.5, 0.6) is 0 Å². The molecular formula is C11H14O3S. The van der Waals surface area contributed by atoms with Crippen molar-refractivity contribution < 1.29 is 14.3 Å². The predicted octanol–water partition coefficient (Wildman–Crippen LogP) is 2.39. The van der Waals surface area contributed by atoms with Gasteiger partial charge in [-0.05, 0) is 36.8 Å². The highest BCUT2D eigenvalue weighted by atomic mass is 32.1. The largest absolute Gasteiger partial charge is 0.459 e. The van der Waals surface area contributed by atoms with E-state index in [9.17, 15) is 4.79 Å². The van der Waals surface area contributed by atoms with Crippen molar-refractivity contribution in [2.45, 2.75) is 25.9 Å². The third-order valence-electron chi connectivity index (χ3n) is 2.47. The second kappa shape index (κ2) is 4.77. The van der Waals surface area contributed by atoms with Crippen LogP contribution in [0.1, 0.15) is 28.1 Å². The molecule has 0 amide bonds. The van der Waals surface area contributed by atoms with Gasteiger partial charge in [-0.3, -0.25) is 0 Å². The quantitative estimate of drug-likeness (QED) is 0.742. The summed E-state index contributed by atoms with van der Waals surface area (Å²) in [5.41, 5.74) is 0.984. The van der Waals surface area contributed by atoms with Crippen LogP contribution in [-0.2, 0) is 9.47 Å². The molecule has 2 heterocycles. The number of hydrogen-bond donors (Lipinski definition) is 0. The average molecular weight is 226 g/mol. The van der Waals surface area contributed by atoms with Gasteiger partial charge in [0.2, 0.25) is 0 Å². The Morgan fingerprint density at radius 3 is 3.20 bits per heavy atom. The van der Waals surface area contributed by atoms with Gasteiger partial charge in [-0.1, -0.05) is 0 Å². The van der Waals surface area contributed by atoms with Gasteiger partial charge in [-0.15, -0.1) is 11.3 Å². The van der Waals surface area contributed by atoms with E-state index < -0.39 is 0 Å². The highest BCUT2D eigenvalue weighted by molar-refractivity contribution is 7.12. The minimum absolute atomic E-state index is 0.106. The Kier molecular flexibility index (Phi) is 3.38. The van der Waals surface area contributed by atoms with Crippen molar-refractivity contribution in [2.24, 2.45) is 0 Å². The van der Waals surface area contributed by atoms with Gasteiger partial charge in [0.1, 0.15) is 11.5 Å². The molecule has 15 heavy (non-hydrogen) atoms. The zero-order chi connectivity index (χ0) is 10.7. The monoisotopic (exact) mass is 226 g/mol. The number of thiophene rings is 1. The molecule has 3 nitrogen and oxygen atoms in total. The number of carbonyl (C=O) groups is 1. The van der Waals surface area contributed by atoms with Gasteiger partial charge in [0.25, 0.3) is 0 Å². The first-order chi connectivity index (χ1) is 7.27. The average Bonchev–Trinajstić information content (AvgIpc) is 2.84. The molecule has 4 heteroatoms. The molecule has 2 rings (SSSR count). The van der Waals surface area contributed by atoms with Gasteiger partial charge in [0.05, 0.1) is 6.10 Å². The third kappa shape index (κ3) is 2.58. The second-order valence-corrected chi connectivity index (χ2v) is 4.58. The highest BCUT2D eigenvalue weighted by Crippen LogP contribution is 2.18. The predicted molar refractivity (Wildman–Crippen MR) is 58.3 cm³/mol. The van der Waals surface area contributed by atoms with E-state index in [1.54, 1.807) is 0 Å². The smallest absolute Gasteiger partial charge is 0.348 e. The third-order valence-corrected chi connectivity index (χ3v) is 3.47. The van der Waals surface area contributed by atoms with E-state index in [1.807, 2.05) is 18.4 Å². The van der Waals surface area contributed by atoms with E-state index in [1.165, 1.54) is 11.3 Å². The van der Waals surface area contributed by atoms with Crippen molar-refractivity contribution in [1.82, 2.24) is 0 Å². The van der Waals surface area contributed by atoms with Crippen LogP contribution in [0.3, 0.4) is 0 Å². The zero-order valence-electron chi connectivity index (χ0n) is 8.69. The molecule has 1 aromatic heterocycles. The molecule has 0 aromatic carbocycles. The van der Waals surface area contributed by atoms with Gasteiger partial charge < -0.3 is 9.47 Å². The van der Waals surface area contributed by atoms with E-state index in [0.717, 1.165) is 25.0 Å². The standard InChI is InChI=1S/C11H14O3S/c1-8-4-6-15-10(8)11(12)14-7-9-3-2-5-13-9/h4,6,9H,2-3,5,7H2,1H3/t9-/m1/s1. The fraction of sp³-hybridized carbons (Fsp3) is 0.545. The lowest BCUT2D eigenvalue weighted by molar-refractivity contribution is 0.0165. The highest BCUT2D eigenvalue weighted by Gasteiger charge is 2.19. The van der Waals surface area contributed by atoms with Gasteiger partial charge in [0.15, 0.2) is 0 Å². The summed E-state index contributed by atoms with van der Waals surface area (Å²) >= 11 is 1.42. The van der Waals surface area contributed by atoms with Crippen LogP contribution in [0, 0.1) is 6.92 Å². The number of carbonyl (C=O) groups excluding carboxylic acids is 1. The van der Waals surface area contributed by atoms with Crippen molar-refractivity contribution >= 4 is 17.3 Å². The lowest BCUT2D eigenvalue weighted by Gasteiger charge is -2.09. The Hall–Kier alpha value is -0.870. The molecule has 0 bridgehead atoms. The molecule has 0 aliphatic carbocycles. The van der Waals surface area contributed by atoms with Crippen molar-refractivity contribution in [2.75, 3.05) is 13.2 Å². The van der Waals surface area contributed by atoms with Crippen LogP contribution in [0.4, 0.5) is 0 Å². The first kappa shape index (κ1) is 10.6. The van der Waals surface area contributed by atoms with Crippen LogP contribution in [0.2, 0.25) is 0 Å². The summed E-state index contributed by atoms with van der Waals surface area (Å²) in [6, 6.07) is 1.92. The molecule has 0 N–H and O–H groups in total. The summed E-state index contributed by atoms with van der Waals surface area (Å²) in [4.78, 5) is 12.3. The molecule has 0 spiro atoms. The Morgan fingerprint density at radius 1 is 1.73 bits per heavy atom. The first-order valence-electron chi connectivity index (χ1n) is 5.10. The molecule has 0 radical (unpaired) electrons. The maximum Gasteiger partial charge on any atom is 0.348 e. The molecule has 1 saturated heterocycles. The second-order valence-electron chi connectivity index (χ2n) is 3.67. The molecule has 1 atom stereocenters. The maximum absolute atomic E-state index is 11.6. The fourth-order valence-corrected chi connectivity index (χ4v) is 2.41. The van der Waals surface area contributed by atoms with Crippen molar-refractivity contribution in [3.8, 4) is 0 Å². The molecule has 82 valence electrons. The van der Waals surface area contributed by atoms with Crippen molar-refractivity contribution in [1.29, 1.82) is 0 Å². The van der Waals surface area contributed by atoms with Gasteiger partial charge in [-0.2, -0.15) is 0 Å². The Bertz CT molecular complexity index is 339. The number of hydrogen-bond acceptors (Lipinski definition) is 4. The molecule has 1 aliphatic heterocycles. The summed E-state index contributed by atoms with van der Waals surface area (Å²) in [6.07, 6.45) is 2.17. The van der Waals surface area contributed by atoms with Gasteiger partial charge in [-0.25, -0.2) is 4.79 Å². The molecule has 1 aliphatic rings. The van der Waals surface area contributed by atoms with Crippen molar-refractivity contribution in [3.05, 3.63) is 21.9 Å². The van der Waals surface area contributed by atoms with E-state index in [2.05, 4.69) is 0 Å². The summed E-state index contributed by atoms with van der Waals surface area (Å²) < 4.78 is 10.6. The summed E-state index contributed by atoms with van der Waals surface area (Å²) in [5.74, 6) is -0.224. The zero-order valence-corrected chi connectivity index (χ0v) is 9.51. The van der Waals surface area contributed by atoms with Gasteiger partial charge in [0, 0.05) is 6.61 Å².